The summed E-state index contributed by atoms with van der Waals surface area (Å²) in [5.41, 5.74) is -3.12. The fourth-order valence-corrected chi connectivity index (χ4v) is 17.7. The van der Waals surface area contributed by atoms with Crippen LogP contribution in [0.5, 0.6) is 0 Å². The summed E-state index contributed by atoms with van der Waals surface area (Å²) in [5, 5.41) is 12.6. The number of piperidine rings is 4. The summed E-state index contributed by atoms with van der Waals surface area (Å²) in [6.07, 6.45) is 1.23. The van der Waals surface area contributed by atoms with E-state index in [1.54, 1.807) is 0 Å². The summed E-state index contributed by atoms with van der Waals surface area (Å²) >= 11 is 0. The summed E-state index contributed by atoms with van der Waals surface area (Å²) in [4.78, 5) is 65.7. The zero-order valence-electron chi connectivity index (χ0n) is 51.1. The highest BCUT2D eigenvalue weighted by atomic mass is 28.4. The van der Waals surface area contributed by atoms with Crippen LogP contribution in [-0.2, 0) is 17.7 Å². The second-order valence-corrected chi connectivity index (χ2v) is 30.1. The predicted molar refractivity (Wildman–Crippen MR) is 324 cm³/mol. The van der Waals surface area contributed by atoms with Crippen LogP contribution >= 0.6 is 0 Å². The van der Waals surface area contributed by atoms with Crippen LogP contribution < -0.4 is 21.3 Å². The van der Waals surface area contributed by atoms with Gasteiger partial charge in [-0.15, -0.1) is 0 Å². The van der Waals surface area contributed by atoms with Crippen LogP contribution in [0.4, 0.5) is 41.9 Å². The number of hydrogen-bond donors (Lipinski definition) is 4. The van der Waals surface area contributed by atoms with Crippen LogP contribution in [0.2, 0.25) is 0 Å². The van der Waals surface area contributed by atoms with Gasteiger partial charge in [-0.3, -0.25) is 0 Å². The number of nitrogens with one attached hydrogen (secondary N) is 4. The molecular formula is C64H92N8O8Si. The zero-order valence-corrected chi connectivity index (χ0v) is 52.1. The molecule has 16 nitrogen and oxygen atoms in total. The Balaban J connectivity index is 1.20. The quantitative estimate of drug-likeness (QED) is 0.102. The van der Waals surface area contributed by atoms with Crippen molar-refractivity contribution >= 4 is 55.9 Å². The van der Waals surface area contributed by atoms with Crippen molar-refractivity contribution < 1.29 is 36.9 Å². The molecule has 4 aliphatic rings. The molecule has 4 aromatic rings. The molecule has 0 aliphatic carbocycles. The molecule has 0 atom stereocenters. The molecule has 8 rings (SSSR count). The Morgan fingerprint density at radius 1 is 0.309 bits per heavy atom. The van der Waals surface area contributed by atoms with Crippen molar-refractivity contribution in [3.63, 3.8) is 0 Å². The zero-order chi connectivity index (χ0) is 59.2. The first-order valence-electron chi connectivity index (χ1n) is 29.0. The Hall–Kier alpha value is -5.98. The summed E-state index contributed by atoms with van der Waals surface area (Å²) in [5.74, 6) is 0. The van der Waals surface area contributed by atoms with Gasteiger partial charge >= 0.3 is 33.2 Å². The second-order valence-electron chi connectivity index (χ2n) is 28.1. The SMILES string of the molecule is CC1(C)CC(O[Si](OC2CC(C)(C)N(C(=O)Nc3ccccc3)C(C)(C)C2)(OC2CC(C)(C)N(C(=O)Nc3ccccc3)C(C)(C)C2)OC2CC(C)(C)N(C(=O)Nc3ccccc3)C(C)(C)C2)CC(C)(C)N1C(=O)Nc1ccccc1. The van der Waals surface area contributed by atoms with Crippen molar-refractivity contribution in [2.75, 3.05) is 21.3 Å². The number of para-hydroxylation sites is 4. The Kier molecular flexibility index (Phi) is 17.1. The van der Waals surface area contributed by atoms with E-state index < -0.39 is 77.8 Å². The van der Waals surface area contributed by atoms with Gasteiger partial charge in [-0.25, -0.2) is 19.2 Å². The van der Waals surface area contributed by atoms with E-state index in [0.29, 0.717) is 74.1 Å². The minimum Gasteiger partial charge on any atom is -0.348 e. The molecule has 4 heterocycles. The van der Waals surface area contributed by atoms with Crippen molar-refractivity contribution in [3.8, 4) is 0 Å². The number of amides is 8. The number of likely N-dealkylation sites (tertiary alicyclic amines) is 4. The lowest BCUT2D eigenvalue weighted by Gasteiger charge is -2.58. The third-order valence-electron chi connectivity index (χ3n) is 16.8. The maximum Gasteiger partial charge on any atom is 0.680 e. The summed E-state index contributed by atoms with van der Waals surface area (Å²) in [7, 11) is -4.56. The molecule has 17 heteroatoms. The van der Waals surface area contributed by atoms with Crippen molar-refractivity contribution in [2.45, 2.75) is 231 Å². The minimum atomic E-state index is -4.56. The number of anilines is 4. The van der Waals surface area contributed by atoms with Crippen molar-refractivity contribution in [1.82, 2.24) is 19.6 Å². The van der Waals surface area contributed by atoms with Gasteiger partial charge in [-0.05, 0) is 211 Å². The van der Waals surface area contributed by atoms with Gasteiger partial charge in [-0.2, -0.15) is 0 Å². The van der Waals surface area contributed by atoms with E-state index in [1.807, 2.05) is 141 Å². The largest absolute Gasteiger partial charge is 0.680 e. The molecule has 0 radical (unpaired) electrons. The highest BCUT2D eigenvalue weighted by Gasteiger charge is 2.62. The van der Waals surface area contributed by atoms with Crippen molar-refractivity contribution in [2.24, 2.45) is 0 Å². The fraction of sp³-hybridized carbons (Fsp3) is 0.562. The molecule has 4 fully saturated rings. The van der Waals surface area contributed by atoms with E-state index in [2.05, 4.69) is 132 Å². The van der Waals surface area contributed by atoms with E-state index in [1.165, 1.54) is 0 Å². The molecular weight excluding hydrogens is 1040 g/mol. The fourth-order valence-electron chi connectivity index (χ4n) is 15.1. The van der Waals surface area contributed by atoms with Gasteiger partial charge in [0.15, 0.2) is 0 Å². The Bertz CT molecular complexity index is 2390. The average Bonchev–Trinajstić information content (AvgIpc) is 3.29. The number of hydrogen-bond acceptors (Lipinski definition) is 8. The lowest BCUT2D eigenvalue weighted by Crippen LogP contribution is -2.71. The molecule has 0 unspecified atom stereocenters. The Labute approximate surface area is 483 Å². The Morgan fingerprint density at radius 3 is 0.605 bits per heavy atom. The van der Waals surface area contributed by atoms with Crippen molar-refractivity contribution in [3.05, 3.63) is 121 Å². The summed E-state index contributed by atoms with van der Waals surface area (Å²) in [6.45, 7) is 33.2. The van der Waals surface area contributed by atoms with Crippen LogP contribution in [0.3, 0.4) is 0 Å². The third-order valence-corrected chi connectivity index (χ3v) is 19.3. The number of carbonyl (C=O) groups excluding carboxylic acids is 4. The lowest BCUT2D eigenvalue weighted by atomic mass is 9.78. The van der Waals surface area contributed by atoms with Crippen LogP contribution in [-0.4, -0.2) is 121 Å². The summed E-state index contributed by atoms with van der Waals surface area (Å²) in [6, 6.07) is 37.1. The van der Waals surface area contributed by atoms with E-state index >= 15 is 0 Å². The van der Waals surface area contributed by atoms with Gasteiger partial charge in [0.1, 0.15) is 0 Å². The second kappa shape index (κ2) is 22.6. The van der Waals surface area contributed by atoms with Gasteiger partial charge < -0.3 is 58.6 Å². The van der Waals surface area contributed by atoms with Gasteiger partial charge in [0.2, 0.25) is 0 Å². The maximum atomic E-state index is 14.5. The molecule has 0 aromatic heterocycles. The molecule has 4 saturated heterocycles. The molecule has 0 saturated carbocycles. The Morgan fingerprint density at radius 2 is 0.457 bits per heavy atom. The minimum absolute atomic E-state index is 0.213. The standard InChI is InChI=1S/C64H92N8O8Si/c1-57(2)37-49(38-58(3,4)69(57)53(73)65-45-29-21-17-22-30-45)77-81(78-50-39-59(5,6)70(60(7,8)40-50)54(74)66-46-31-23-18-24-32-46,79-51-41-61(9,10)71(62(11,12)42-51)55(75)67-47-33-25-19-26-34-47)80-52-43-63(13,14)72(64(15,16)44-52)56(76)68-48-35-27-20-28-36-48/h17-36,49-52H,37-44H2,1-16H3,(H,65,73)(H,66,74)(H,67,75)(H,68,76). The maximum absolute atomic E-state index is 14.5. The predicted octanol–water partition coefficient (Wildman–Crippen LogP) is 14.5. The molecule has 8 amide bonds. The molecule has 4 aromatic carbocycles. The van der Waals surface area contributed by atoms with Gasteiger partial charge in [0, 0.05) is 67.1 Å². The van der Waals surface area contributed by atoms with Gasteiger partial charge in [0.05, 0.1) is 24.4 Å². The van der Waals surface area contributed by atoms with Crippen LogP contribution in [0.25, 0.3) is 0 Å². The van der Waals surface area contributed by atoms with Gasteiger partial charge in [0.25, 0.3) is 0 Å². The first-order chi connectivity index (χ1) is 37.6. The highest BCUT2D eigenvalue weighted by Crippen LogP contribution is 2.49. The number of carbonyl (C=O) groups is 4. The van der Waals surface area contributed by atoms with Crippen LogP contribution in [0, 0.1) is 0 Å². The molecule has 440 valence electrons. The lowest BCUT2D eigenvalue weighted by molar-refractivity contribution is -0.168. The van der Waals surface area contributed by atoms with E-state index in [0.717, 1.165) is 0 Å². The molecule has 81 heavy (non-hydrogen) atoms. The van der Waals surface area contributed by atoms with E-state index in [9.17, 15) is 19.2 Å². The number of nitrogens with zero attached hydrogens (tertiary/aromatic N) is 4. The summed E-state index contributed by atoms with van der Waals surface area (Å²) < 4.78 is 31.2. The monoisotopic (exact) mass is 1130 g/mol. The molecule has 0 bridgehead atoms. The number of urea groups is 4. The van der Waals surface area contributed by atoms with Gasteiger partial charge in [-0.1, -0.05) is 72.8 Å². The molecule has 4 N–H and O–H groups in total. The van der Waals surface area contributed by atoms with Crippen LogP contribution in [0.15, 0.2) is 121 Å². The smallest absolute Gasteiger partial charge is 0.348 e. The first kappa shape index (κ1) is 61.1. The van der Waals surface area contributed by atoms with E-state index in [-0.39, 0.29) is 24.1 Å². The van der Waals surface area contributed by atoms with Crippen LogP contribution in [0.1, 0.15) is 162 Å². The van der Waals surface area contributed by atoms with E-state index in [4.69, 9.17) is 17.7 Å². The van der Waals surface area contributed by atoms with Crippen molar-refractivity contribution in [1.29, 1.82) is 0 Å². The number of rotatable bonds is 12. The highest BCUT2D eigenvalue weighted by molar-refractivity contribution is 6.53. The first-order valence-corrected chi connectivity index (χ1v) is 30.6. The average molecular weight is 1130 g/mol. The molecule has 0 spiro atoms. The molecule has 4 aliphatic heterocycles. The third kappa shape index (κ3) is 13.9. The number of benzene rings is 4. The normalized spacial score (nSPS) is 22.3. The topological polar surface area (TPSA) is 166 Å².